The van der Waals surface area contributed by atoms with Gasteiger partial charge in [0.05, 0.1) is 5.69 Å². The van der Waals surface area contributed by atoms with E-state index in [1.807, 2.05) is 0 Å². The van der Waals surface area contributed by atoms with Crippen molar-refractivity contribution in [1.29, 1.82) is 0 Å². The van der Waals surface area contributed by atoms with Gasteiger partial charge in [0.2, 0.25) is 5.88 Å². The number of nitrogens with zero attached hydrogens (tertiary/aromatic N) is 2. The van der Waals surface area contributed by atoms with E-state index >= 15 is 0 Å². The second-order valence-electron chi connectivity index (χ2n) is 5.75. The number of hydrogen-bond donors (Lipinski definition) is 2. The molecule has 0 amide bonds. The SMILES string of the molecule is O=c1n(CCCCNCCc2cccs2)c(O)c2n1CCC2. The van der Waals surface area contributed by atoms with Crippen LogP contribution in [-0.2, 0) is 25.9 Å². The van der Waals surface area contributed by atoms with Crippen molar-refractivity contribution in [3.05, 3.63) is 38.6 Å². The van der Waals surface area contributed by atoms with Crippen LogP contribution in [0.2, 0.25) is 0 Å². The molecule has 120 valence electrons. The molecule has 0 spiro atoms. The third-order valence-electron chi connectivity index (χ3n) is 4.21. The van der Waals surface area contributed by atoms with Crippen molar-refractivity contribution in [3.8, 4) is 5.88 Å². The fourth-order valence-corrected chi connectivity index (χ4v) is 3.73. The van der Waals surface area contributed by atoms with E-state index in [4.69, 9.17) is 0 Å². The van der Waals surface area contributed by atoms with Gasteiger partial charge in [0.15, 0.2) is 0 Å². The van der Waals surface area contributed by atoms with Crippen LogP contribution in [0.3, 0.4) is 0 Å². The lowest BCUT2D eigenvalue weighted by molar-refractivity contribution is 0.400. The van der Waals surface area contributed by atoms with E-state index < -0.39 is 0 Å². The minimum atomic E-state index is -0.0457. The van der Waals surface area contributed by atoms with Gasteiger partial charge in [-0.3, -0.25) is 9.13 Å². The zero-order valence-corrected chi connectivity index (χ0v) is 13.6. The van der Waals surface area contributed by atoms with Gasteiger partial charge in [-0.2, -0.15) is 0 Å². The van der Waals surface area contributed by atoms with Crippen molar-refractivity contribution in [3.63, 3.8) is 0 Å². The molecule has 2 aromatic rings. The molecule has 6 heteroatoms. The summed E-state index contributed by atoms with van der Waals surface area (Å²) in [7, 11) is 0. The monoisotopic (exact) mass is 321 g/mol. The number of unbranched alkanes of at least 4 members (excludes halogenated alkanes) is 1. The van der Waals surface area contributed by atoms with Crippen LogP contribution >= 0.6 is 11.3 Å². The number of imidazole rings is 1. The molecule has 0 unspecified atom stereocenters. The fourth-order valence-electron chi connectivity index (χ4n) is 3.02. The first-order chi connectivity index (χ1) is 10.8. The maximum atomic E-state index is 12.1. The minimum absolute atomic E-state index is 0.0457. The Morgan fingerprint density at radius 1 is 1.32 bits per heavy atom. The molecule has 1 aliphatic heterocycles. The third kappa shape index (κ3) is 3.28. The first-order valence-corrected chi connectivity index (χ1v) is 8.89. The predicted octanol–water partition coefficient (Wildman–Crippen LogP) is 1.98. The van der Waals surface area contributed by atoms with E-state index in [0.717, 1.165) is 57.4 Å². The molecule has 1 aliphatic rings. The second-order valence-corrected chi connectivity index (χ2v) is 6.78. The molecular weight excluding hydrogens is 298 g/mol. The Kier molecular flexibility index (Phi) is 5.00. The van der Waals surface area contributed by atoms with Crippen LogP contribution in [0, 0.1) is 0 Å². The first kappa shape index (κ1) is 15.4. The van der Waals surface area contributed by atoms with E-state index in [0.29, 0.717) is 6.54 Å². The largest absolute Gasteiger partial charge is 0.493 e. The summed E-state index contributed by atoms with van der Waals surface area (Å²) in [6, 6.07) is 4.24. The molecule has 3 rings (SSSR count). The Morgan fingerprint density at radius 2 is 2.23 bits per heavy atom. The molecule has 0 aliphatic carbocycles. The molecule has 0 radical (unpaired) electrons. The van der Waals surface area contributed by atoms with E-state index in [9.17, 15) is 9.90 Å². The maximum absolute atomic E-state index is 12.1. The second kappa shape index (κ2) is 7.15. The summed E-state index contributed by atoms with van der Waals surface area (Å²) < 4.78 is 3.24. The average Bonchev–Trinajstić information content (AvgIpc) is 3.22. The third-order valence-corrected chi connectivity index (χ3v) is 5.15. The van der Waals surface area contributed by atoms with Crippen LogP contribution in [0.1, 0.15) is 29.8 Å². The van der Waals surface area contributed by atoms with Crippen LogP contribution in [-0.4, -0.2) is 27.3 Å². The van der Waals surface area contributed by atoms with Gasteiger partial charge in [-0.25, -0.2) is 4.79 Å². The van der Waals surface area contributed by atoms with Crippen molar-refractivity contribution >= 4 is 11.3 Å². The van der Waals surface area contributed by atoms with Crippen LogP contribution in [0.25, 0.3) is 0 Å². The summed E-state index contributed by atoms with van der Waals surface area (Å²) >= 11 is 1.79. The molecule has 0 atom stereocenters. The van der Waals surface area contributed by atoms with Crippen molar-refractivity contribution in [2.75, 3.05) is 13.1 Å². The van der Waals surface area contributed by atoms with E-state index in [1.165, 1.54) is 9.44 Å². The number of rotatable bonds is 8. The Labute approximate surface area is 134 Å². The lowest BCUT2D eigenvalue weighted by atomic mass is 10.3. The molecule has 3 heterocycles. The van der Waals surface area contributed by atoms with E-state index in [-0.39, 0.29) is 11.6 Å². The van der Waals surface area contributed by atoms with Crippen molar-refractivity contribution < 1.29 is 5.11 Å². The highest BCUT2D eigenvalue weighted by Gasteiger charge is 2.22. The average molecular weight is 321 g/mol. The minimum Gasteiger partial charge on any atom is -0.493 e. The molecule has 2 aromatic heterocycles. The number of aromatic nitrogens is 2. The molecular formula is C16H23N3O2S. The standard InChI is InChI=1S/C16H23N3O2S/c20-15-14-6-3-11-18(14)16(21)19(15)10-2-1-8-17-9-7-13-5-4-12-22-13/h4-5,12,17,20H,1-3,6-11H2. The summed E-state index contributed by atoms with van der Waals surface area (Å²) in [5.74, 6) is 0.188. The highest BCUT2D eigenvalue weighted by atomic mass is 32.1. The fraction of sp³-hybridized carbons (Fsp3) is 0.562. The lowest BCUT2D eigenvalue weighted by Crippen LogP contribution is -2.24. The summed E-state index contributed by atoms with van der Waals surface area (Å²) in [5, 5.41) is 15.6. The smallest absolute Gasteiger partial charge is 0.331 e. The number of fused-ring (bicyclic) bond motifs is 1. The Balaban J connectivity index is 1.36. The number of aromatic hydroxyl groups is 1. The van der Waals surface area contributed by atoms with Gasteiger partial charge in [0.1, 0.15) is 0 Å². The van der Waals surface area contributed by atoms with Crippen LogP contribution in [0.15, 0.2) is 22.3 Å². The summed E-state index contributed by atoms with van der Waals surface area (Å²) in [6.07, 6.45) is 4.77. The van der Waals surface area contributed by atoms with Gasteiger partial charge in [0.25, 0.3) is 0 Å². The Hall–Kier alpha value is -1.53. The molecule has 22 heavy (non-hydrogen) atoms. The molecule has 0 saturated heterocycles. The number of thiophene rings is 1. The first-order valence-electron chi connectivity index (χ1n) is 8.01. The van der Waals surface area contributed by atoms with E-state index in [2.05, 4.69) is 22.8 Å². The normalized spacial score (nSPS) is 13.6. The molecule has 0 fully saturated rings. The summed E-state index contributed by atoms with van der Waals surface area (Å²) in [4.78, 5) is 13.5. The van der Waals surface area contributed by atoms with Gasteiger partial charge in [-0.05, 0) is 56.6 Å². The zero-order chi connectivity index (χ0) is 15.4. The van der Waals surface area contributed by atoms with Gasteiger partial charge in [0, 0.05) is 18.0 Å². The van der Waals surface area contributed by atoms with Gasteiger partial charge in [-0.1, -0.05) is 6.07 Å². The van der Waals surface area contributed by atoms with Crippen molar-refractivity contribution in [2.24, 2.45) is 0 Å². The molecule has 5 nitrogen and oxygen atoms in total. The van der Waals surface area contributed by atoms with Crippen molar-refractivity contribution in [1.82, 2.24) is 14.5 Å². The van der Waals surface area contributed by atoms with E-state index in [1.54, 1.807) is 15.9 Å². The van der Waals surface area contributed by atoms with Gasteiger partial charge < -0.3 is 10.4 Å². The van der Waals surface area contributed by atoms with Crippen LogP contribution in [0.4, 0.5) is 0 Å². The quantitative estimate of drug-likeness (QED) is 0.731. The van der Waals surface area contributed by atoms with Crippen LogP contribution < -0.4 is 11.0 Å². The maximum Gasteiger partial charge on any atom is 0.331 e. The van der Waals surface area contributed by atoms with Crippen molar-refractivity contribution in [2.45, 2.75) is 45.2 Å². The van der Waals surface area contributed by atoms with Gasteiger partial charge in [-0.15, -0.1) is 11.3 Å². The van der Waals surface area contributed by atoms with Gasteiger partial charge >= 0.3 is 5.69 Å². The zero-order valence-electron chi connectivity index (χ0n) is 12.8. The molecule has 0 bridgehead atoms. The predicted molar refractivity (Wildman–Crippen MR) is 88.8 cm³/mol. The van der Waals surface area contributed by atoms with Crippen LogP contribution in [0.5, 0.6) is 5.88 Å². The topological polar surface area (TPSA) is 59.2 Å². The molecule has 0 saturated carbocycles. The highest BCUT2D eigenvalue weighted by molar-refractivity contribution is 7.09. The number of nitrogens with one attached hydrogen (secondary N) is 1. The Bertz CT molecular complexity index is 658. The molecule has 0 aromatic carbocycles. The summed E-state index contributed by atoms with van der Waals surface area (Å²) in [5.41, 5.74) is 0.773. The highest BCUT2D eigenvalue weighted by Crippen LogP contribution is 2.23. The Morgan fingerprint density at radius 3 is 3.00 bits per heavy atom. The molecule has 2 N–H and O–H groups in total. The number of hydrogen-bond acceptors (Lipinski definition) is 4. The summed E-state index contributed by atoms with van der Waals surface area (Å²) in [6.45, 7) is 3.30. The lowest BCUT2D eigenvalue weighted by Gasteiger charge is -2.05.